The van der Waals surface area contributed by atoms with Crippen LogP contribution >= 0.6 is 0 Å². The Hall–Kier alpha value is -0.0400. The van der Waals surface area contributed by atoms with Crippen LogP contribution in [0.3, 0.4) is 0 Å². The van der Waals surface area contributed by atoms with Gasteiger partial charge in [0.15, 0.2) is 0 Å². The van der Waals surface area contributed by atoms with Crippen molar-refractivity contribution in [3.8, 4) is 0 Å². The van der Waals surface area contributed by atoms with E-state index in [1.54, 1.807) is 0 Å². The number of hydrogen-bond acceptors (Lipinski definition) is 1. The Morgan fingerprint density at radius 2 is 2.08 bits per heavy atom. The standard InChI is InChI=1S/C11H23N/c1-3-8-12-9-10(4-2)11-6-5-7-11/h10-12H,3-9H2,1-2H3. The van der Waals surface area contributed by atoms with E-state index < -0.39 is 0 Å². The summed E-state index contributed by atoms with van der Waals surface area (Å²) < 4.78 is 0. The van der Waals surface area contributed by atoms with Gasteiger partial charge >= 0.3 is 0 Å². The lowest BCUT2D eigenvalue weighted by atomic mass is 9.75. The predicted octanol–water partition coefficient (Wildman–Crippen LogP) is 2.81. The first-order valence-corrected chi connectivity index (χ1v) is 5.59. The van der Waals surface area contributed by atoms with Crippen molar-refractivity contribution in [2.75, 3.05) is 13.1 Å². The molecule has 1 atom stereocenters. The maximum atomic E-state index is 3.54. The summed E-state index contributed by atoms with van der Waals surface area (Å²) in [6, 6.07) is 0. The van der Waals surface area contributed by atoms with Crippen LogP contribution in [0.2, 0.25) is 0 Å². The van der Waals surface area contributed by atoms with E-state index in [9.17, 15) is 0 Å². The topological polar surface area (TPSA) is 12.0 Å². The molecule has 1 heteroatoms. The smallest absolute Gasteiger partial charge is 0.00180 e. The Bertz CT molecular complexity index is 108. The minimum Gasteiger partial charge on any atom is -0.316 e. The lowest BCUT2D eigenvalue weighted by Crippen LogP contribution is -2.31. The SMILES string of the molecule is CCCNCC(CC)C1CCC1. The maximum Gasteiger partial charge on any atom is -0.00180 e. The van der Waals surface area contributed by atoms with Crippen LogP contribution in [0.5, 0.6) is 0 Å². The minimum atomic E-state index is 0.963. The summed E-state index contributed by atoms with van der Waals surface area (Å²) in [4.78, 5) is 0. The Morgan fingerprint density at radius 3 is 2.50 bits per heavy atom. The highest BCUT2D eigenvalue weighted by atomic mass is 14.9. The molecule has 0 spiro atoms. The fourth-order valence-electron chi connectivity index (χ4n) is 2.02. The largest absolute Gasteiger partial charge is 0.316 e. The van der Waals surface area contributed by atoms with E-state index in [2.05, 4.69) is 19.2 Å². The van der Waals surface area contributed by atoms with E-state index >= 15 is 0 Å². The van der Waals surface area contributed by atoms with Crippen molar-refractivity contribution < 1.29 is 0 Å². The second kappa shape index (κ2) is 5.58. The zero-order chi connectivity index (χ0) is 8.81. The van der Waals surface area contributed by atoms with E-state index in [4.69, 9.17) is 0 Å². The quantitative estimate of drug-likeness (QED) is 0.603. The molecule has 1 saturated carbocycles. The molecule has 0 aromatic rings. The van der Waals surface area contributed by atoms with E-state index in [1.807, 2.05) is 0 Å². The third-order valence-corrected chi connectivity index (χ3v) is 3.17. The van der Waals surface area contributed by atoms with Gasteiger partial charge in [-0.3, -0.25) is 0 Å². The molecule has 0 amide bonds. The van der Waals surface area contributed by atoms with Gasteiger partial charge in [-0.25, -0.2) is 0 Å². The van der Waals surface area contributed by atoms with Crippen LogP contribution < -0.4 is 5.32 Å². The van der Waals surface area contributed by atoms with Gasteiger partial charge in [0, 0.05) is 0 Å². The molecular formula is C11H23N. The fraction of sp³-hybridized carbons (Fsp3) is 1.00. The number of rotatable bonds is 6. The number of nitrogens with one attached hydrogen (secondary N) is 1. The zero-order valence-corrected chi connectivity index (χ0v) is 8.60. The van der Waals surface area contributed by atoms with Crippen molar-refractivity contribution in [3.63, 3.8) is 0 Å². The average Bonchev–Trinajstić information content (AvgIpc) is 1.99. The molecule has 0 radical (unpaired) electrons. The van der Waals surface area contributed by atoms with Crippen LogP contribution in [0.15, 0.2) is 0 Å². The molecule has 0 aromatic heterocycles. The van der Waals surface area contributed by atoms with E-state index in [0.29, 0.717) is 0 Å². The van der Waals surface area contributed by atoms with Gasteiger partial charge in [0.2, 0.25) is 0 Å². The molecule has 1 aliphatic carbocycles. The summed E-state index contributed by atoms with van der Waals surface area (Å²) in [7, 11) is 0. The van der Waals surface area contributed by atoms with Gasteiger partial charge in [0.1, 0.15) is 0 Å². The zero-order valence-electron chi connectivity index (χ0n) is 8.60. The van der Waals surface area contributed by atoms with E-state index in [0.717, 1.165) is 11.8 Å². The van der Waals surface area contributed by atoms with E-state index in [1.165, 1.54) is 45.2 Å². The monoisotopic (exact) mass is 169 g/mol. The highest BCUT2D eigenvalue weighted by molar-refractivity contribution is 4.78. The van der Waals surface area contributed by atoms with Crippen molar-refractivity contribution in [3.05, 3.63) is 0 Å². The highest BCUT2D eigenvalue weighted by Crippen LogP contribution is 2.34. The molecule has 1 N–H and O–H groups in total. The van der Waals surface area contributed by atoms with Gasteiger partial charge in [0.25, 0.3) is 0 Å². The van der Waals surface area contributed by atoms with Crippen molar-refractivity contribution in [2.24, 2.45) is 11.8 Å². The van der Waals surface area contributed by atoms with Crippen LogP contribution in [-0.4, -0.2) is 13.1 Å². The van der Waals surface area contributed by atoms with Gasteiger partial charge in [0.05, 0.1) is 0 Å². The summed E-state index contributed by atoms with van der Waals surface area (Å²) >= 11 is 0. The van der Waals surface area contributed by atoms with Gasteiger partial charge in [-0.15, -0.1) is 0 Å². The van der Waals surface area contributed by atoms with Gasteiger partial charge < -0.3 is 5.32 Å². The van der Waals surface area contributed by atoms with Crippen LogP contribution in [0.4, 0.5) is 0 Å². The molecule has 0 aliphatic heterocycles. The summed E-state index contributed by atoms with van der Waals surface area (Å²) in [5.74, 6) is 2.02. The first kappa shape index (κ1) is 10.0. The second-order valence-electron chi connectivity index (χ2n) is 4.06. The summed E-state index contributed by atoms with van der Waals surface area (Å²) in [6.45, 7) is 7.02. The predicted molar refractivity (Wildman–Crippen MR) is 54.3 cm³/mol. The van der Waals surface area contributed by atoms with Gasteiger partial charge in [-0.1, -0.05) is 39.5 Å². The summed E-state index contributed by atoms with van der Waals surface area (Å²) in [6.07, 6.45) is 7.09. The Morgan fingerprint density at radius 1 is 1.33 bits per heavy atom. The van der Waals surface area contributed by atoms with E-state index in [-0.39, 0.29) is 0 Å². The molecule has 12 heavy (non-hydrogen) atoms. The maximum absolute atomic E-state index is 3.54. The third kappa shape index (κ3) is 2.78. The molecule has 1 nitrogen and oxygen atoms in total. The first-order chi connectivity index (χ1) is 5.88. The Kier molecular flexibility index (Phi) is 4.67. The molecule has 0 aromatic carbocycles. The minimum absolute atomic E-state index is 0.963. The Balaban J connectivity index is 2.07. The van der Waals surface area contributed by atoms with Crippen LogP contribution in [0, 0.1) is 11.8 Å². The fourth-order valence-corrected chi connectivity index (χ4v) is 2.02. The van der Waals surface area contributed by atoms with Crippen LogP contribution in [0.1, 0.15) is 46.0 Å². The van der Waals surface area contributed by atoms with Crippen molar-refractivity contribution in [2.45, 2.75) is 46.0 Å². The second-order valence-corrected chi connectivity index (χ2v) is 4.06. The molecule has 1 unspecified atom stereocenters. The number of hydrogen-bond donors (Lipinski definition) is 1. The summed E-state index contributed by atoms with van der Waals surface area (Å²) in [5.41, 5.74) is 0. The van der Waals surface area contributed by atoms with Gasteiger partial charge in [-0.2, -0.15) is 0 Å². The molecule has 0 bridgehead atoms. The average molecular weight is 169 g/mol. The first-order valence-electron chi connectivity index (χ1n) is 5.59. The molecule has 1 aliphatic rings. The highest BCUT2D eigenvalue weighted by Gasteiger charge is 2.25. The van der Waals surface area contributed by atoms with Crippen molar-refractivity contribution >= 4 is 0 Å². The normalized spacial score (nSPS) is 20.5. The van der Waals surface area contributed by atoms with Crippen molar-refractivity contribution in [1.82, 2.24) is 5.32 Å². The van der Waals surface area contributed by atoms with Crippen LogP contribution in [-0.2, 0) is 0 Å². The molecular weight excluding hydrogens is 146 g/mol. The molecule has 0 saturated heterocycles. The lowest BCUT2D eigenvalue weighted by Gasteiger charge is -2.33. The van der Waals surface area contributed by atoms with Crippen molar-refractivity contribution in [1.29, 1.82) is 0 Å². The molecule has 0 heterocycles. The van der Waals surface area contributed by atoms with Crippen LogP contribution in [0.25, 0.3) is 0 Å². The molecule has 1 rings (SSSR count). The molecule has 72 valence electrons. The summed E-state index contributed by atoms with van der Waals surface area (Å²) in [5, 5.41) is 3.54. The molecule has 1 fully saturated rings. The van der Waals surface area contributed by atoms with Gasteiger partial charge in [-0.05, 0) is 31.3 Å². The lowest BCUT2D eigenvalue weighted by molar-refractivity contribution is 0.196. The Labute approximate surface area is 76.9 Å². The third-order valence-electron chi connectivity index (χ3n) is 3.17.